The Hall–Kier alpha value is -4.21. The van der Waals surface area contributed by atoms with Gasteiger partial charge in [0.2, 0.25) is 0 Å². The molecule has 174 valence electrons. The Balaban J connectivity index is 1.69. The summed E-state index contributed by atoms with van der Waals surface area (Å²) in [5, 5.41) is 13.4. The number of aliphatic imine (C=N–C) groups is 1. The second-order valence-electron chi connectivity index (χ2n) is 7.77. The molecule has 0 fully saturated rings. The minimum atomic E-state index is -0.920. The van der Waals surface area contributed by atoms with Gasteiger partial charge in [0.25, 0.3) is 0 Å². The van der Waals surface area contributed by atoms with Crippen LogP contribution in [0.25, 0.3) is 11.5 Å². The van der Waals surface area contributed by atoms with Gasteiger partial charge in [-0.05, 0) is 30.7 Å². The molecule has 4 rings (SSSR count). The third-order valence-electron chi connectivity index (χ3n) is 5.22. The molecule has 0 saturated heterocycles. The lowest BCUT2D eigenvalue weighted by Gasteiger charge is -2.18. The van der Waals surface area contributed by atoms with Crippen LogP contribution >= 0.6 is 0 Å². The summed E-state index contributed by atoms with van der Waals surface area (Å²) in [5.74, 6) is -1.70. The maximum absolute atomic E-state index is 14.4. The Morgan fingerprint density at radius 3 is 2.71 bits per heavy atom. The van der Waals surface area contributed by atoms with Gasteiger partial charge in [0.1, 0.15) is 11.5 Å². The Morgan fingerprint density at radius 2 is 2.00 bits per heavy atom. The highest BCUT2D eigenvalue weighted by atomic mass is 19.1. The topological polar surface area (TPSA) is 96.5 Å². The van der Waals surface area contributed by atoms with Crippen LogP contribution in [-0.2, 0) is 11.3 Å². The van der Waals surface area contributed by atoms with E-state index >= 15 is 0 Å². The molecular formula is C24H22F2N6O2. The van der Waals surface area contributed by atoms with Gasteiger partial charge in [-0.1, -0.05) is 24.8 Å². The molecule has 0 bridgehead atoms. The molecule has 1 aromatic carbocycles. The fourth-order valence-corrected chi connectivity index (χ4v) is 3.51. The summed E-state index contributed by atoms with van der Waals surface area (Å²) in [6.45, 7) is 4.27. The number of carboxylic acids is 1. The average molecular weight is 464 g/mol. The summed E-state index contributed by atoms with van der Waals surface area (Å²) in [6.07, 6.45) is 4.90. The summed E-state index contributed by atoms with van der Waals surface area (Å²) < 4.78 is 30.3. The van der Waals surface area contributed by atoms with Crippen molar-refractivity contribution in [3.8, 4) is 11.5 Å². The molecule has 0 saturated carbocycles. The van der Waals surface area contributed by atoms with Crippen LogP contribution in [0.5, 0.6) is 0 Å². The number of anilines is 1. The van der Waals surface area contributed by atoms with Gasteiger partial charge in [0, 0.05) is 25.6 Å². The zero-order chi connectivity index (χ0) is 24.2. The number of hydrogen-bond acceptors (Lipinski definition) is 6. The molecule has 8 nitrogen and oxygen atoms in total. The lowest BCUT2D eigenvalue weighted by molar-refractivity contribution is -0.137. The second-order valence-corrected chi connectivity index (χ2v) is 7.77. The zero-order valence-corrected chi connectivity index (χ0v) is 18.4. The number of nitrogens with zero attached hydrogens (tertiary/aromatic N) is 6. The fourth-order valence-electron chi connectivity index (χ4n) is 3.51. The van der Waals surface area contributed by atoms with Gasteiger partial charge in [-0.2, -0.15) is 5.10 Å². The Morgan fingerprint density at radius 1 is 1.21 bits per heavy atom. The SMILES string of the molecule is C=C1C=CC(c2cc(-c3ncc(F)c(N(C)CCCC(=O)O)n3)nn2Cc2ccccc2F)=N1. The summed E-state index contributed by atoms with van der Waals surface area (Å²) in [6, 6.07) is 8.12. The van der Waals surface area contributed by atoms with Crippen molar-refractivity contribution in [3.63, 3.8) is 0 Å². The quantitative estimate of drug-likeness (QED) is 0.517. The van der Waals surface area contributed by atoms with Crippen LogP contribution in [0.2, 0.25) is 0 Å². The van der Waals surface area contributed by atoms with Crippen molar-refractivity contribution >= 4 is 17.5 Å². The fraction of sp³-hybridized carbons (Fsp3) is 0.208. The first kappa shape index (κ1) is 23.0. The number of carboxylic acid groups (broad SMARTS) is 1. The van der Waals surface area contributed by atoms with Crippen molar-refractivity contribution in [2.75, 3.05) is 18.5 Å². The molecule has 1 aliphatic heterocycles. The monoisotopic (exact) mass is 464 g/mol. The van der Waals surface area contributed by atoms with Gasteiger partial charge in [0.05, 0.1) is 29.8 Å². The largest absolute Gasteiger partial charge is 0.481 e. The molecule has 34 heavy (non-hydrogen) atoms. The molecule has 0 atom stereocenters. The third kappa shape index (κ3) is 5.06. The molecule has 2 aromatic heterocycles. The molecular weight excluding hydrogens is 442 g/mol. The summed E-state index contributed by atoms with van der Waals surface area (Å²) >= 11 is 0. The maximum Gasteiger partial charge on any atom is 0.303 e. The van der Waals surface area contributed by atoms with Crippen molar-refractivity contribution in [2.24, 2.45) is 4.99 Å². The lowest BCUT2D eigenvalue weighted by atomic mass is 10.2. The van der Waals surface area contributed by atoms with Crippen LogP contribution in [0.4, 0.5) is 14.6 Å². The van der Waals surface area contributed by atoms with E-state index in [1.807, 2.05) is 0 Å². The molecule has 0 spiro atoms. The van der Waals surface area contributed by atoms with E-state index in [0.29, 0.717) is 41.3 Å². The summed E-state index contributed by atoms with van der Waals surface area (Å²) in [5.41, 5.74) is 2.60. The third-order valence-corrected chi connectivity index (χ3v) is 5.22. The van der Waals surface area contributed by atoms with E-state index in [9.17, 15) is 13.6 Å². The highest BCUT2D eigenvalue weighted by molar-refractivity contribution is 6.10. The Bertz CT molecular complexity index is 1310. The van der Waals surface area contributed by atoms with Crippen molar-refractivity contribution in [1.82, 2.24) is 19.7 Å². The Labute approximate surface area is 194 Å². The van der Waals surface area contributed by atoms with Gasteiger partial charge in [-0.3, -0.25) is 9.48 Å². The predicted molar refractivity (Wildman–Crippen MR) is 124 cm³/mol. The van der Waals surface area contributed by atoms with E-state index in [4.69, 9.17) is 5.11 Å². The number of benzene rings is 1. The first-order valence-corrected chi connectivity index (χ1v) is 10.5. The minimum Gasteiger partial charge on any atom is -0.481 e. The van der Waals surface area contributed by atoms with E-state index in [0.717, 1.165) is 6.20 Å². The highest BCUT2D eigenvalue weighted by Gasteiger charge is 2.20. The molecule has 10 heteroatoms. The van der Waals surface area contributed by atoms with Crippen LogP contribution in [0.1, 0.15) is 24.1 Å². The highest BCUT2D eigenvalue weighted by Crippen LogP contribution is 2.24. The van der Waals surface area contributed by atoms with E-state index in [1.165, 1.54) is 11.0 Å². The molecule has 0 amide bonds. The number of aromatic nitrogens is 4. The lowest BCUT2D eigenvalue weighted by Crippen LogP contribution is -2.22. The number of carbonyl (C=O) groups is 1. The van der Waals surface area contributed by atoms with Gasteiger partial charge >= 0.3 is 5.97 Å². The molecule has 3 aromatic rings. The first-order chi connectivity index (χ1) is 16.3. The van der Waals surface area contributed by atoms with Crippen molar-refractivity contribution in [3.05, 3.63) is 83.8 Å². The number of halogens is 2. The molecule has 1 N–H and O–H groups in total. The van der Waals surface area contributed by atoms with E-state index in [1.54, 1.807) is 48.1 Å². The predicted octanol–water partition coefficient (Wildman–Crippen LogP) is 3.84. The van der Waals surface area contributed by atoms with Gasteiger partial charge < -0.3 is 10.0 Å². The minimum absolute atomic E-state index is 0.0331. The van der Waals surface area contributed by atoms with Gasteiger partial charge in [0.15, 0.2) is 17.5 Å². The normalized spacial score (nSPS) is 12.8. The van der Waals surface area contributed by atoms with Crippen molar-refractivity contribution < 1.29 is 18.7 Å². The molecule has 1 aliphatic rings. The van der Waals surface area contributed by atoms with Gasteiger partial charge in [-0.15, -0.1) is 0 Å². The maximum atomic E-state index is 14.4. The second kappa shape index (κ2) is 9.74. The molecule has 0 unspecified atom stereocenters. The van der Waals surface area contributed by atoms with E-state index in [2.05, 4.69) is 26.6 Å². The van der Waals surface area contributed by atoms with Crippen LogP contribution in [0.15, 0.2) is 65.9 Å². The average Bonchev–Trinajstić information content (AvgIpc) is 3.41. The molecule has 0 aliphatic carbocycles. The number of aliphatic carboxylic acids is 1. The van der Waals surface area contributed by atoms with E-state index < -0.39 is 11.8 Å². The summed E-state index contributed by atoms with van der Waals surface area (Å²) in [7, 11) is 1.63. The van der Waals surface area contributed by atoms with Crippen LogP contribution < -0.4 is 4.90 Å². The number of rotatable bonds is 9. The van der Waals surface area contributed by atoms with Gasteiger partial charge in [-0.25, -0.2) is 23.7 Å². The standard InChI is InChI=1S/C24H22F2N6O2/c1-15-9-10-19(28-15)21-12-20(30-32(21)14-16-6-3-4-7-17(16)25)23-27-13-18(26)24(29-23)31(2)11-5-8-22(33)34/h3-4,6-7,9-10,12-13H,1,5,8,11,14H2,2H3,(H,33,34). The van der Waals surface area contributed by atoms with Crippen molar-refractivity contribution in [1.29, 1.82) is 0 Å². The van der Waals surface area contributed by atoms with Crippen molar-refractivity contribution in [2.45, 2.75) is 19.4 Å². The number of allylic oxidation sites excluding steroid dienone is 2. The van der Waals surface area contributed by atoms with E-state index in [-0.39, 0.29) is 30.4 Å². The molecule has 3 heterocycles. The summed E-state index contributed by atoms with van der Waals surface area (Å²) in [4.78, 5) is 25.1. The molecule has 0 radical (unpaired) electrons. The number of hydrogen-bond donors (Lipinski definition) is 1. The van der Waals surface area contributed by atoms with Crippen LogP contribution in [0, 0.1) is 11.6 Å². The smallest absolute Gasteiger partial charge is 0.303 e. The first-order valence-electron chi connectivity index (χ1n) is 10.5. The zero-order valence-electron chi connectivity index (χ0n) is 18.4. The van der Waals surface area contributed by atoms with Crippen LogP contribution in [-0.4, -0.2) is 50.1 Å². The van der Waals surface area contributed by atoms with Crippen LogP contribution in [0.3, 0.4) is 0 Å². The Kier molecular flexibility index (Phi) is 6.58.